The van der Waals surface area contributed by atoms with Crippen LogP contribution in [-0.4, -0.2) is 37.7 Å². The van der Waals surface area contributed by atoms with Crippen LogP contribution >= 0.6 is 11.3 Å². The van der Waals surface area contributed by atoms with Crippen molar-refractivity contribution in [1.29, 1.82) is 0 Å². The van der Waals surface area contributed by atoms with E-state index in [0.29, 0.717) is 20.6 Å². The van der Waals surface area contributed by atoms with Gasteiger partial charge in [-0.2, -0.15) is 4.99 Å². The van der Waals surface area contributed by atoms with Gasteiger partial charge in [-0.15, -0.1) is 6.42 Å². The van der Waals surface area contributed by atoms with Gasteiger partial charge in [-0.3, -0.25) is 4.79 Å². The number of carbonyl (C=O) groups excluding carboxylic acids is 2. The number of terminal acetylenes is 1. The fourth-order valence-electron chi connectivity index (χ4n) is 2.98. The van der Waals surface area contributed by atoms with E-state index in [1.165, 1.54) is 30.6 Å². The quantitative estimate of drug-likeness (QED) is 0.298. The summed E-state index contributed by atoms with van der Waals surface area (Å²) in [6.45, 7) is 0.169. The first kappa shape index (κ1) is 23.4. The lowest BCUT2D eigenvalue weighted by Crippen LogP contribution is -2.17. The predicted octanol–water partition coefficient (Wildman–Crippen LogP) is 2.94. The molecule has 0 atom stereocenters. The number of carbonyl (C=O) groups is 2. The summed E-state index contributed by atoms with van der Waals surface area (Å²) in [5.74, 6) is 0.737. The van der Waals surface area contributed by atoms with Crippen molar-refractivity contribution >= 4 is 43.3 Å². The third-order valence-electron chi connectivity index (χ3n) is 4.55. The van der Waals surface area contributed by atoms with Crippen LogP contribution in [0.25, 0.3) is 10.2 Å². The molecule has 0 aliphatic heterocycles. The normalized spacial score (nSPS) is 12.0. The van der Waals surface area contributed by atoms with E-state index in [-0.39, 0.29) is 30.0 Å². The Morgan fingerprint density at radius 1 is 1.22 bits per heavy atom. The molecular formula is C22H19FN2O5S2. The van der Waals surface area contributed by atoms with E-state index in [2.05, 4.69) is 10.9 Å². The Hall–Kier alpha value is -3.29. The minimum atomic E-state index is -3.63. The zero-order valence-corrected chi connectivity index (χ0v) is 18.7. The van der Waals surface area contributed by atoms with E-state index in [0.717, 1.165) is 12.1 Å². The Labute approximate surface area is 188 Å². The minimum absolute atomic E-state index is 0.000987. The maximum atomic E-state index is 13.0. The highest BCUT2D eigenvalue weighted by Gasteiger charge is 2.16. The van der Waals surface area contributed by atoms with Gasteiger partial charge in [0.25, 0.3) is 0 Å². The van der Waals surface area contributed by atoms with Crippen molar-refractivity contribution in [3.8, 4) is 12.3 Å². The number of fused-ring (bicyclic) bond motifs is 1. The number of ether oxygens (including phenoxy) is 1. The average molecular weight is 475 g/mol. The third-order valence-corrected chi connectivity index (χ3v) is 7.41. The van der Waals surface area contributed by atoms with Crippen LogP contribution in [0.4, 0.5) is 4.39 Å². The maximum absolute atomic E-state index is 13.0. The van der Waals surface area contributed by atoms with Crippen molar-refractivity contribution in [2.75, 3.05) is 12.9 Å². The van der Waals surface area contributed by atoms with Crippen molar-refractivity contribution in [3.63, 3.8) is 0 Å². The predicted molar refractivity (Wildman–Crippen MR) is 118 cm³/mol. The highest BCUT2D eigenvalue weighted by atomic mass is 32.2. The molecule has 0 saturated carbocycles. The highest BCUT2D eigenvalue weighted by Crippen LogP contribution is 2.20. The lowest BCUT2D eigenvalue weighted by atomic mass is 10.2. The van der Waals surface area contributed by atoms with Gasteiger partial charge in [-0.1, -0.05) is 17.3 Å². The number of benzene rings is 2. The van der Waals surface area contributed by atoms with E-state index >= 15 is 0 Å². The van der Waals surface area contributed by atoms with E-state index in [1.54, 1.807) is 22.8 Å². The molecule has 7 nitrogen and oxygen atoms in total. The molecule has 0 aliphatic carbocycles. The van der Waals surface area contributed by atoms with Gasteiger partial charge in [0.2, 0.25) is 5.91 Å². The SMILES string of the molecule is C#CCn1c(=NC(=O)CCCS(=O)(=O)c2ccc(F)cc2)sc2cc(C(=O)OC)ccc21. The van der Waals surface area contributed by atoms with Crippen LogP contribution in [0.2, 0.25) is 0 Å². The summed E-state index contributed by atoms with van der Waals surface area (Å²) < 4.78 is 44.7. The molecule has 0 N–H and O–H groups in total. The summed E-state index contributed by atoms with van der Waals surface area (Å²) in [5, 5.41) is 0. The molecule has 2 aromatic carbocycles. The smallest absolute Gasteiger partial charge is 0.337 e. The second-order valence-corrected chi connectivity index (χ2v) is 9.85. The molecule has 0 saturated heterocycles. The Kier molecular flexibility index (Phi) is 7.22. The molecule has 3 aromatic rings. The molecule has 0 bridgehead atoms. The highest BCUT2D eigenvalue weighted by molar-refractivity contribution is 7.91. The van der Waals surface area contributed by atoms with Crippen molar-refractivity contribution in [3.05, 3.63) is 58.6 Å². The zero-order chi connectivity index (χ0) is 23.3. The first-order valence-corrected chi connectivity index (χ1v) is 11.9. The van der Waals surface area contributed by atoms with E-state index in [1.807, 2.05) is 0 Å². The Balaban J connectivity index is 1.79. The fraction of sp³-hybridized carbons (Fsp3) is 0.227. The lowest BCUT2D eigenvalue weighted by molar-refractivity contribution is -0.118. The van der Waals surface area contributed by atoms with E-state index < -0.39 is 27.5 Å². The summed E-state index contributed by atoms with van der Waals surface area (Å²) in [7, 11) is -2.34. The molecule has 32 heavy (non-hydrogen) atoms. The monoisotopic (exact) mass is 474 g/mol. The van der Waals surface area contributed by atoms with Gasteiger partial charge in [0.05, 0.1) is 40.1 Å². The zero-order valence-electron chi connectivity index (χ0n) is 17.1. The molecule has 10 heteroatoms. The summed E-state index contributed by atoms with van der Waals surface area (Å²) in [6, 6.07) is 9.47. The molecule has 166 valence electrons. The fourth-order valence-corrected chi connectivity index (χ4v) is 5.38. The van der Waals surface area contributed by atoms with Crippen LogP contribution in [0.15, 0.2) is 52.4 Å². The van der Waals surface area contributed by atoms with Crippen LogP contribution in [0.5, 0.6) is 0 Å². The van der Waals surface area contributed by atoms with Gasteiger partial charge >= 0.3 is 5.97 Å². The number of sulfone groups is 1. The largest absolute Gasteiger partial charge is 0.465 e. The maximum Gasteiger partial charge on any atom is 0.337 e. The van der Waals surface area contributed by atoms with Gasteiger partial charge < -0.3 is 9.30 Å². The van der Waals surface area contributed by atoms with Crippen LogP contribution in [0, 0.1) is 18.2 Å². The summed E-state index contributed by atoms with van der Waals surface area (Å²) in [4.78, 5) is 28.6. The molecule has 1 aromatic heterocycles. The number of rotatable bonds is 7. The van der Waals surface area contributed by atoms with Crippen molar-refractivity contribution in [2.24, 2.45) is 4.99 Å². The summed E-state index contributed by atoms with van der Waals surface area (Å²) >= 11 is 1.19. The standard InChI is InChI=1S/C22H19FN2O5S2/c1-3-12-25-18-11-6-15(21(27)30-2)14-19(18)31-22(25)24-20(26)5-4-13-32(28,29)17-9-7-16(23)8-10-17/h1,6-11,14H,4-5,12-13H2,2H3. The molecule has 0 fully saturated rings. The van der Waals surface area contributed by atoms with Gasteiger partial charge in [0, 0.05) is 6.42 Å². The van der Waals surface area contributed by atoms with Crippen LogP contribution in [0.1, 0.15) is 23.2 Å². The number of halogens is 1. The summed E-state index contributed by atoms with van der Waals surface area (Å²) in [6.07, 6.45) is 5.42. The van der Waals surface area contributed by atoms with Gasteiger partial charge in [-0.25, -0.2) is 17.6 Å². The van der Waals surface area contributed by atoms with Gasteiger partial charge in [-0.05, 0) is 48.9 Å². The second-order valence-electron chi connectivity index (χ2n) is 6.73. The number of hydrogen-bond donors (Lipinski definition) is 0. The number of aromatic nitrogens is 1. The van der Waals surface area contributed by atoms with E-state index in [4.69, 9.17) is 11.2 Å². The number of amides is 1. The average Bonchev–Trinajstić information content (AvgIpc) is 3.09. The lowest BCUT2D eigenvalue weighted by Gasteiger charge is -2.03. The molecule has 1 amide bonds. The first-order chi connectivity index (χ1) is 15.2. The molecule has 0 radical (unpaired) electrons. The number of nitrogens with zero attached hydrogens (tertiary/aromatic N) is 2. The second kappa shape index (κ2) is 9.89. The Morgan fingerprint density at radius 2 is 1.94 bits per heavy atom. The first-order valence-electron chi connectivity index (χ1n) is 9.46. The molecule has 0 unspecified atom stereocenters. The minimum Gasteiger partial charge on any atom is -0.465 e. The van der Waals surface area contributed by atoms with Gasteiger partial charge in [0.15, 0.2) is 14.6 Å². The van der Waals surface area contributed by atoms with Crippen molar-refractivity contribution < 1.29 is 27.1 Å². The number of esters is 1. The van der Waals surface area contributed by atoms with Crippen LogP contribution in [-0.2, 0) is 25.9 Å². The Morgan fingerprint density at radius 3 is 2.59 bits per heavy atom. The molecular weight excluding hydrogens is 455 g/mol. The Bertz CT molecular complexity index is 1380. The molecule has 0 aliphatic rings. The van der Waals surface area contributed by atoms with Crippen LogP contribution in [0.3, 0.4) is 0 Å². The van der Waals surface area contributed by atoms with Crippen molar-refractivity contribution in [1.82, 2.24) is 4.57 Å². The van der Waals surface area contributed by atoms with Gasteiger partial charge in [0.1, 0.15) is 5.82 Å². The van der Waals surface area contributed by atoms with E-state index in [9.17, 15) is 22.4 Å². The molecule has 1 heterocycles. The third kappa shape index (κ3) is 5.30. The number of methoxy groups -OCH3 is 1. The van der Waals surface area contributed by atoms with Crippen LogP contribution < -0.4 is 4.80 Å². The number of hydrogen-bond acceptors (Lipinski definition) is 6. The number of thiazole rings is 1. The van der Waals surface area contributed by atoms with Crippen molar-refractivity contribution in [2.45, 2.75) is 24.3 Å². The molecule has 0 spiro atoms. The summed E-state index contributed by atoms with van der Waals surface area (Å²) in [5.41, 5.74) is 1.07. The topological polar surface area (TPSA) is 94.8 Å². The molecule has 3 rings (SSSR count).